The molecule has 0 radical (unpaired) electrons. The van der Waals surface area contributed by atoms with Crippen molar-refractivity contribution in [2.45, 2.75) is 25.8 Å². The number of aromatic nitrogens is 1. The Morgan fingerprint density at radius 2 is 2.24 bits per heavy atom. The van der Waals surface area contributed by atoms with E-state index in [4.69, 9.17) is 11.6 Å². The van der Waals surface area contributed by atoms with E-state index in [2.05, 4.69) is 15.6 Å². The van der Waals surface area contributed by atoms with Gasteiger partial charge in [-0.2, -0.15) is 0 Å². The monoisotopic (exact) mass is 325 g/mol. The predicted molar refractivity (Wildman–Crippen MR) is 82.0 cm³/mol. The van der Waals surface area contributed by atoms with E-state index in [1.54, 1.807) is 13.0 Å². The summed E-state index contributed by atoms with van der Waals surface area (Å²) < 4.78 is 13.1. The van der Waals surface area contributed by atoms with Crippen LogP contribution >= 0.6 is 22.9 Å². The van der Waals surface area contributed by atoms with Gasteiger partial charge in [0.25, 0.3) is 5.91 Å². The lowest BCUT2D eigenvalue weighted by Crippen LogP contribution is -2.25. The molecule has 110 valence electrons. The third-order valence-corrected chi connectivity index (χ3v) is 4.45. The molecule has 0 spiro atoms. The van der Waals surface area contributed by atoms with Crippen LogP contribution in [0.3, 0.4) is 0 Å². The largest absolute Gasteiger partial charge is 0.349 e. The summed E-state index contributed by atoms with van der Waals surface area (Å²) in [6.07, 6.45) is 2.09. The van der Waals surface area contributed by atoms with Crippen molar-refractivity contribution in [1.82, 2.24) is 10.3 Å². The molecule has 1 heterocycles. The fourth-order valence-corrected chi connectivity index (χ4v) is 2.91. The second kappa shape index (κ2) is 5.61. The van der Waals surface area contributed by atoms with Crippen LogP contribution in [0.5, 0.6) is 0 Å². The van der Waals surface area contributed by atoms with Crippen LogP contribution in [0.15, 0.2) is 18.2 Å². The number of halogens is 2. The number of hydrogen-bond donors (Lipinski definition) is 2. The summed E-state index contributed by atoms with van der Waals surface area (Å²) in [5.74, 6) is -0.556. The van der Waals surface area contributed by atoms with E-state index in [-0.39, 0.29) is 10.9 Å². The zero-order valence-electron chi connectivity index (χ0n) is 11.2. The third kappa shape index (κ3) is 3.33. The fraction of sp³-hybridized carbons (Fsp3) is 0.286. The summed E-state index contributed by atoms with van der Waals surface area (Å²) in [5.41, 5.74) is 1.30. The number of amides is 1. The normalized spacial score (nSPS) is 14.0. The minimum Gasteiger partial charge on any atom is -0.349 e. The topological polar surface area (TPSA) is 54.0 Å². The van der Waals surface area contributed by atoms with Crippen molar-refractivity contribution in [1.29, 1.82) is 0 Å². The van der Waals surface area contributed by atoms with Gasteiger partial charge in [0.05, 0.1) is 10.7 Å². The zero-order chi connectivity index (χ0) is 15.0. The SMILES string of the molecule is Cc1nc(Nc2ccc(F)c(Cl)c2)sc1C(=O)NC1CC1. The van der Waals surface area contributed by atoms with Crippen molar-refractivity contribution in [3.63, 3.8) is 0 Å². The summed E-state index contributed by atoms with van der Waals surface area (Å²) in [6, 6.07) is 4.65. The maximum Gasteiger partial charge on any atom is 0.263 e. The number of aryl methyl sites for hydroxylation is 1. The Morgan fingerprint density at radius 1 is 1.48 bits per heavy atom. The van der Waals surface area contributed by atoms with Crippen LogP contribution in [0.1, 0.15) is 28.2 Å². The minimum absolute atomic E-state index is 0.0416. The first kappa shape index (κ1) is 14.3. The van der Waals surface area contributed by atoms with Gasteiger partial charge in [-0.3, -0.25) is 4.79 Å². The minimum atomic E-state index is -0.470. The lowest BCUT2D eigenvalue weighted by molar-refractivity contribution is 0.0954. The van der Waals surface area contributed by atoms with E-state index >= 15 is 0 Å². The summed E-state index contributed by atoms with van der Waals surface area (Å²) in [7, 11) is 0. The standard InChI is InChI=1S/C14H13ClFN3OS/c1-7-12(13(20)18-8-2-3-8)21-14(17-7)19-9-4-5-11(16)10(15)6-9/h4-6,8H,2-3H2,1H3,(H,17,19)(H,18,20). The third-order valence-electron chi connectivity index (χ3n) is 3.09. The summed E-state index contributed by atoms with van der Waals surface area (Å²) in [5, 5.41) is 6.59. The molecule has 1 aromatic carbocycles. The molecule has 0 saturated heterocycles. The molecule has 0 unspecified atom stereocenters. The highest BCUT2D eigenvalue weighted by Crippen LogP contribution is 2.28. The Morgan fingerprint density at radius 3 is 2.90 bits per heavy atom. The van der Waals surface area contributed by atoms with E-state index in [0.717, 1.165) is 12.8 Å². The molecular weight excluding hydrogens is 313 g/mol. The van der Waals surface area contributed by atoms with Crippen molar-refractivity contribution >= 4 is 39.7 Å². The van der Waals surface area contributed by atoms with Crippen LogP contribution in [0.25, 0.3) is 0 Å². The Kier molecular flexibility index (Phi) is 3.82. The number of hydrogen-bond acceptors (Lipinski definition) is 4. The zero-order valence-corrected chi connectivity index (χ0v) is 12.8. The molecule has 0 aliphatic heterocycles. The Labute approximate surface area is 130 Å². The molecule has 1 aliphatic rings. The van der Waals surface area contributed by atoms with Gasteiger partial charge in [0.15, 0.2) is 5.13 Å². The molecule has 1 fully saturated rings. The molecule has 2 aromatic rings. The van der Waals surface area contributed by atoms with Gasteiger partial charge in [-0.25, -0.2) is 9.37 Å². The van der Waals surface area contributed by atoms with Gasteiger partial charge in [-0.1, -0.05) is 22.9 Å². The van der Waals surface area contributed by atoms with E-state index in [1.165, 1.54) is 23.5 Å². The average Bonchev–Trinajstić information content (AvgIpc) is 3.16. The highest BCUT2D eigenvalue weighted by atomic mass is 35.5. The van der Waals surface area contributed by atoms with Crippen molar-refractivity contribution in [3.05, 3.63) is 39.6 Å². The summed E-state index contributed by atoms with van der Waals surface area (Å²) >= 11 is 7.01. The lowest BCUT2D eigenvalue weighted by Gasteiger charge is -2.03. The number of anilines is 2. The Bertz CT molecular complexity index is 700. The number of carbonyl (C=O) groups is 1. The van der Waals surface area contributed by atoms with Crippen LogP contribution < -0.4 is 10.6 Å². The summed E-state index contributed by atoms with van der Waals surface area (Å²) in [4.78, 5) is 17.0. The first-order valence-electron chi connectivity index (χ1n) is 6.53. The fourth-order valence-electron chi connectivity index (χ4n) is 1.84. The van der Waals surface area contributed by atoms with Crippen molar-refractivity contribution in [2.75, 3.05) is 5.32 Å². The first-order chi connectivity index (χ1) is 10.0. The molecule has 1 saturated carbocycles. The predicted octanol–water partition coefficient (Wildman–Crippen LogP) is 3.88. The number of carbonyl (C=O) groups excluding carboxylic acids is 1. The van der Waals surface area contributed by atoms with Crippen LogP contribution in [0.2, 0.25) is 5.02 Å². The molecule has 2 N–H and O–H groups in total. The van der Waals surface area contributed by atoms with E-state index in [0.29, 0.717) is 27.4 Å². The Hall–Kier alpha value is -1.66. The smallest absolute Gasteiger partial charge is 0.263 e. The van der Waals surface area contributed by atoms with Crippen molar-refractivity contribution in [2.24, 2.45) is 0 Å². The molecule has 21 heavy (non-hydrogen) atoms. The van der Waals surface area contributed by atoms with Crippen LogP contribution in [-0.4, -0.2) is 16.9 Å². The van der Waals surface area contributed by atoms with Crippen molar-refractivity contribution in [3.8, 4) is 0 Å². The molecule has 1 amide bonds. The van der Waals surface area contributed by atoms with Gasteiger partial charge in [0.2, 0.25) is 0 Å². The molecule has 1 aliphatic carbocycles. The number of thiazole rings is 1. The van der Waals surface area contributed by atoms with Gasteiger partial charge >= 0.3 is 0 Å². The number of nitrogens with zero attached hydrogens (tertiary/aromatic N) is 1. The van der Waals surface area contributed by atoms with Gasteiger partial charge in [-0.15, -0.1) is 0 Å². The van der Waals surface area contributed by atoms with E-state index < -0.39 is 5.82 Å². The molecule has 7 heteroatoms. The average molecular weight is 326 g/mol. The number of benzene rings is 1. The van der Waals surface area contributed by atoms with Crippen LogP contribution in [0, 0.1) is 12.7 Å². The van der Waals surface area contributed by atoms with Crippen LogP contribution in [-0.2, 0) is 0 Å². The maximum atomic E-state index is 13.1. The van der Waals surface area contributed by atoms with Crippen LogP contribution in [0.4, 0.5) is 15.2 Å². The quantitative estimate of drug-likeness (QED) is 0.897. The first-order valence-corrected chi connectivity index (χ1v) is 7.73. The molecular formula is C14H13ClFN3OS. The van der Waals surface area contributed by atoms with Gasteiger partial charge in [0, 0.05) is 11.7 Å². The van der Waals surface area contributed by atoms with Gasteiger partial charge < -0.3 is 10.6 Å². The molecule has 3 rings (SSSR count). The lowest BCUT2D eigenvalue weighted by atomic mass is 10.3. The van der Waals surface area contributed by atoms with Gasteiger partial charge in [0.1, 0.15) is 10.7 Å². The Balaban J connectivity index is 1.76. The number of rotatable bonds is 4. The number of nitrogens with one attached hydrogen (secondary N) is 2. The molecule has 1 aromatic heterocycles. The van der Waals surface area contributed by atoms with E-state index in [9.17, 15) is 9.18 Å². The van der Waals surface area contributed by atoms with Gasteiger partial charge in [-0.05, 0) is 38.0 Å². The molecule has 0 atom stereocenters. The maximum absolute atomic E-state index is 13.1. The second-order valence-corrected chi connectivity index (χ2v) is 6.34. The van der Waals surface area contributed by atoms with Crippen molar-refractivity contribution < 1.29 is 9.18 Å². The second-order valence-electron chi connectivity index (χ2n) is 4.94. The highest BCUT2D eigenvalue weighted by Gasteiger charge is 2.25. The summed E-state index contributed by atoms with van der Waals surface area (Å²) in [6.45, 7) is 1.79. The molecule has 0 bridgehead atoms. The molecule has 4 nitrogen and oxygen atoms in total. The highest BCUT2D eigenvalue weighted by molar-refractivity contribution is 7.17. The van der Waals surface area contributed by atoms with E-state index in [1.807, 2.05) is 0 Å².